The maximum atomic E-state index is 6.64. The van der Waals surface area contributed by atoms with E-state index in [1.54, 1.807) is 0 Å². The van der Waals surface area contributed by atoms with Gasteiger partial charge in [0.15, 0.2) is 0 Å². The van der Waals surface area contributed by atoms with Crippen LogP contribution in [0.2, 0.25) is 0 Å². The van der Waals surface area contributed by atoms with Crippen LogP contribution in [0.15, 0.2) is 54.6 Å². The van der Waals surface area contributed by atoms with Crippen molar-refractivity contribution in [3.63, 3.8) is 0 Å². The molecule has 1 aliphatic heterocycles. The molecule has 3 unspecified atom stereocenters. The van der Waals surface area contributed by atoms with E-state index in [0.717, 1.165) is 13.0 Å². The van der Waals surface area contributed by atoms with Crippen molar-refractivity contribution in [3.05, 3.63) is 71.3 Å². The van der Waals surface area contributed by atoms with Gasteiger partial charge in [-0.1, -0.05) is 54.6 Å². The van der Waals surface area contributed by atoms with E-state index < -0.39 is 0 Å². The Bertz CT molecular complexity index is 758. The Kier molecular flexibility index (Phi) is 4.18. The molecule has 1 saturated heterocycles. The van der Waals surface area contributed by atoms with Gasteiger partial charge >= 0.3 is 0 Å². The first-order valence-electron chi connectivity index (χ1n) is 9.24. The zero-order valence-corrected chi connectivity index (χ0v) is 16.1. The van der Waals surface area contributed by atoms with Crippen molar-refractivity contribution in [2.24, 2.45) is 0 Å². The van der Waals surface area contributed by atoms with E-state index in [0.29, 0.717) is 5.92 Å². The molecular formula is C22H27ClN2. The fourth-order valence-electron chi connectivity index (χ4n) is 5.14. The van der Waals surface area contributed by atoms with Gasteiger partial charge in [-0.05, 0) is 50.4 Å². The molecule has 2 nitrogen and oxygen atoms in total. The Morgan fingerprint density at radius 3 is 2.48 bits per heavy atom. The number of rotatable bonds is 2. The van der Waals surface area contributed by atoms with E-state index in [-0.39, 0.29) is 16.6 Å². The first kappa shape index (κ1) is 17.1. The monoisotopic (exact) mass is 354 g/mol. The number of benzene rings is 2. The van der Waals surface area contributed by atoms with Gasteiger partial charge in [0.05, 0.1) is 11.0 Å². The average molecular weight is 355 g/mol. The van der Waals surface area contributed by atoms with E-state index in [4.69, 9.17) is 11.6 Å². The van der Waals surface area contributed by atoms with Crippen LogP contribution in [-0.4, -0.2) is 29.5 Å². The second-order valence-corrected chi connectivity index (χ2v) is 8.45. The Labute approximate surface area is 156 Å². The predicted molar refractivity (Wildman–Crippen MR) is 105 cm³/mol. The summed E-state index contributed by atoms with van der Waals surface area (Å²) in [5.74, 6) is 0.438. The highest BCUT2D eigenvalue weighted by atomic mass is 35.5. The van der Waals surface area contributed by atoms with Gasteiger partial charge in [0, 0.05) is 18.0 Å². The summed E-state index contributed by atoms with van der Waals surface area (Å²) >= 11 is 6.64. The molecule has 0 radical (unpaired) electrons. The molecule has 0 aromatic heterocycles. The molecule has 1 fully saturated rings. The van der Waals surface area contributed by atoms with Gasteiger partial charge in [0.2, 0.25) is 0 Å². The molecule has 1 N–H and O–H groups in total. The van der Waals surface area contributed by atoms with Crippen molar-refractivity contribution in [2.75, 3.05) is 13.6 Å². The second kappa shape index (κ2) is 6.12. The highest BCUT2D eigenvalue weighted by molar-refractivity contribution is 6.20. The van der Waals surface area contributed by atoms with Crippen LogP contribution >= 0.6 is 11.6 Å². The number of likely N-dealkylation sites (N-methyl/N-ethyl adjacent to an activating group) is 1. The maximum Gasteiger partial charge on any atom is 0.0979 e. The molecule has 2 aromatic rings. The van der Waals surface area contributed by atoms with E-state index in [1.807, 2.05) is 0 Å². The number of nitrogens with one attached hydrogen (secondary N) is 1. The van der Waals surface area contributed by atoms with Gasteiger partial charge in [-0.15, -0.1) is 11.6 Å². The molecule has 3 heteroatoms. The van der Waals surface area contributed by atoms with Crippen LogP contribution in [0.1, 0.15) is 42.9 Å². The van der Waals surface area contributed by atoms with E-state index >= 15 is 0 Å². The molecule has 1 heterocycles. The largest absolute Gasteiger partial charge is 0.303 e. The summed E-state index contributed by atoms with van der Waals surface area (Å²) in [5.41, 5.74) is 4.06. The molecule has 0 bridgehead atoms. The number of nitrogens with zero attached hydrogens (tertiary/aromatic N) is 1. The van der Waals surface area contributed by atoms with Crippen LogP contribution in [0.4, 0.5) is 0 Å². The van der Waals surface area contributed by atoms with Crippen molar-refractivity contribution in [3.8, 4) is 0 Å². The number of hydrogen-bond acceptors (Lipinski definition) is 2. The number of fused-ring (bicyclic) bond motifs is 1. The zero-order chi connectivity index (χ0) is 17.7. The Hall–Kier alpha value is -1.35. The van der Waals surface area contributed by atoms with Crippen molar-refractivity contribution in [2.45, 2.75) is 49.2 Å². The maximum absolute atomic E-state index is 6.64. The van der Waals surface area contributed by atoms with Crippen LogP contribution in [0.3, 0.4) is 0 Å². The van der Waals surface area contributed by atoms with Gasteiger partial charge in [0.1, 0.15) is 0 Å². The van der Waals surface area contributed by atoms with Crippen molar-refractivity contribution in [1.82, 2.24) is 10.2 Å². The number of piperazine rings is 1. The highest BCUT2D eigenvalue weighted by Crippen LogP contribution is 2.54. The van der Waals surface area contributed by atoms with E-state index in [1.165, 1.54) is 23.1 Å². The SMILES string of the molecule is CN1C(Cl)CNC(c2ccccc2)(C2CCc3ccccc32)C1(C)C. The number of alkyl halides is 1. The summed E-state index contributed by atoms with van der Waals surface area (Å²) in [5, 5.41) is 3.93. The third-order valence-electron chi connectivity index (χ3n) is 6.70. The van der Waals surface area contributed by atoms with E-state index in [9.17, 15) is 0 Å². The van der Waals surface area contributed by atoms with Crippen LogP contribution in [0.25, 0.3) is 0 Å². The van der Waals surface area contributed by atoms with Crippen molar-refractivity contribution >= 4 is 11.6 Å². The topological polar surface area (TPSA) is 15.3 Å². The molecule has 1 aliphatic carbocycles. The average Bonchev–Trinajstić information content (AvgIpc) is 3.06. The van der Waals surface area contributed by atoms with Gasteiger partial charge in [-0.25, -0.2) is 0 Å². The molecule has 25 heavy (non-hydrogen) atoms. The van der Waals surface area contributed by atoms with Gasteiger partial charge in [-0.2, -0.15) is 0 Å². The lowest BCUT2D eigenvalue weighted by molar-refractivity contribution is -0.0259. The minimum atomic E-state index is -0.166. The first-order chi connectivity index (χ1) is 12.0. The third kappa shape index (κ3) is 2.38. The van der Waals surface area contributed by atoms with Gasteiger partial charge in [0.25, 0.3) is 0 Å². The minimum Gasteiger partial charge on any atom is -0.303 e. The molecule has 2 aromatic carbocycles. The van der Waals surface area contributed by atoms with E-state index in [2.05, 4.69) is 85.7 Å². The molecule has 0 saturated carbocycles. The molecule has 2 aliphatic rings. The van der Waals surface area contributed by atoms with Crippen molar-refractivity contribution < 1.29 is 0 Å². The van der Waals surface area contributed by atoms with Crippen LogP contribution in [-0.2, 0) is 12.0 Å². The quantitative estimate of drug-likeness (QED) is 0.631. The Morgan fingerprint density at radius 2 is 1.72 bits per heavy atom. The standard InChI is InChI=1S/C22H27ClN2/c1-21(2)22(17-10-5-4-6-11-17,24-15-20(23)25(21)3)19-14-13-16-9-7-8-12-18(16)19/h4-12,19-20,24H,13-15H2,1-3H3. The second-order valence-electron chi connectivity index (χ2n) is 7.95. The zero-order valence-electron chi connectivity index (χ0n) is 15.3. The summed E-state index contributed by atoms with van der Waals surface area (Å²) in [6.07, 6.45) is 2.33. The molecular weight excluding hydrogens is 328 g/mol. The fourth-order valence-corrected chi connectivity index (χ4v) is 5.46. The molecule has 0 spiro atoms. The van der Waals surface area contributed by atoms with Crippen LogP contribution in [0, 0.1) is 0 Å². The number of halogens is 1. The summed E-state index contributed by atoms with van der Waals surface area (Å²) in [6.45, 7) is 5.46. The lowest BCUT2D eigenvalue weighted by Gasteiger charge is -2.60. The smallest absolute Gasteiger partial charge is 0.0979 e. The van der Waals surface area contributed by atoms with Crippen molar-refractivity contribution in [1.29, 1.82) is 0 Å². The van der Waals surface area contributed by atoms with Crippen LogP contribution < -0.4 is 5.32 Å². The first-order valence-corrected chi connectivity index (χ1v) is 9.67. The lowest BCUT2D eigenvalue weighted by Crippen LogP contribution is -2.73. The Balaban J connectivity index is 1.93. The molecule has 3 atom stereocenters. The highest BCUT2D eigenvalue weighted by Gasteiger charge is 2.58. The molecule has 0 amide bonds. The lowest BCUT2D eigenvalue weighted by atomic mass is 9.62. The number of hydrogen-bond donors (Lipinski definition) is 1. The molecule has 4 rings (SSSR count). The van der Waals surface area contributed by atoms with Crippen LogP contribution in [0.5, 0.6) is 0 Å². The van der Waals surface area contributed by atoms with Gasteiger partial charge < -0.3 is 5.32 Å². The molecule has 132 valence electrons. The normalized spacial score (nSPS) is 31.7. The third-order valence-corrected chi connectivity index (χ3v) is 7.15. The summed E-state index contributed by atoms with van der Waals surface area (Å²) in [7, 11) is 2.16. The Morgan fingerprint density at radius 1 is 1.04 bits per heavy atom. The summed E-state index contributed by atoms with van der Waals surface area (Å²) in [6, 6.07) is 19.9. The fraction of sp³-hybridized carbons (Fsp3) is 0.455. The minimum absolute atomic E-state index is 0.00323. The van der Waals surface area contributed by atoms with Gasteiger partial charge in [-0.3, -0.25) is 4.90 Å². The number of aryl methyl sites for hydroxylation is 1. The summed E-state index contributed by atoms with van der Waals surface area (Å²) < 4.78 is 0. The predicted octanol–water partition coefficient (Wildman–Crippen LogP) is 4.49. The summed E-state index contributed by atoms with van der Waals surface area (Å²) in [4.78, 5) is 2.35.